The summed E-state index contributed by atoms with van der Waals surface area (Å²) in [7, 11) is 0. The first kappa shape index (κ1) is 15.8. The fraction of sp³-hybridized carbons (Fsp3) is 0.111. The number of H-pyrrole nitrogens is 1. The number of benzene rings is 2. The molecule has 1 aliphatic rings. The Morgan fingerprint density at radius 3 is 2.76 bits per heavy atom. The van der Waals surface area contributed by atoms with Gasteiger partial charge in [0.25, 0.3) is 0 Å². The summed E-state index contributed by atoms with van der Waals surface area (Å²) in [5.74, 6) is 0.0388. The third-order valence-electron chi connectivity index (χ3n) is 4.13. The molecule has 1 aromatic heterocycles. The van der Waals surface area contributed by atoms with Crippen LogP contribution in [0.15, 0.2) is 41.4 Å². The van der Waals surface area contributed by atoms with Crippen molar-refractivity contribution in [1.82, 2.24) is 10.2 Å². The van der Waals surface area contributed by atoms with E-state index in [1.165, 1.54) is 6.07 Å². The number of nitrogens with zero attached hydrogens (tertiary/aromatic N) is 2. The van der Waals surface area contributed by atoms with Crippen LogP contribution in [0.4, 0.5) is 21.6 Å². The molecule has 0 saturated carbocycles. The number of aryl methyl sites for hydroxylation is 1. The molecule has 0 atom stereocenters. The smallest absolute Gasteiger partial charge is 0.178 e. The van der Waals surface area contributed by atoms with Crippen LogP contribution in [-0.2, 0) is 6.61 Å². The van der Waals surface area contributed by atoms with Crippen molar-refractivity contribution in [2.75, 3.05) is 5.32 Å². The molecule has 126 valence electrons. The molecule has 0 saturated heterocycles. The number of aliphatic hydroxyl groups excluding tert-OH is 1. The Bertz CT molecular complexity index is 1010. The Balaban J connectivity index is 2.04. The highest BCUT2D eigenvalue weighted by molar-refractivity contribution is 6.36. The van der Waals surface area contributed by atoms with E-state index in [1.54, 1.807) is 12.1 Å². The third kappa shape index (κ3) is 2.59. The van der Waals surface area contributed by atoms with E-state index in [1.807, 2.05) is 25.1 Å². The van der Waals surface area contributed by atoms with Gasteiger partial charge in [-0.05, 0) is 25.1 Å². The molecule has 5 nitrogen and oxygen atoms in total. The summed E-state index contributed by atoms with van der Waals surface area (Å²) < 4.78 is 14.3. The minimum Gasteiger partial charge on any atom is -0.392 e. The molecule has 0 unspecified atom stereocenters. The van der Waals surface area contributed by atoms with Gasteiger partial charge >= 0.3 is 0 Å². The second-order valence-electron chi connectivity index (χ2n) is 5.76. The zero-order chi connectivity index (χ0) is 17.6. The van der Waals surface area contributed by atoms with Gasteiger partial charge in [-0.1, -0.05) is 29.8 Å². The number of anilines is 2. The SMILES string of the molecule is Cc1[nH]nc2c1N=C(c1ccccc1Cl)c1cc(F)c(CO)cc1N2. The summed E-state index contributed by atoms with van der Waals surface area (Å²) in [6.07, 6.45) is 0. The lowest BCUT2D eigenvalue weighted by atomic mass is 9.98. The van der Waals surface area contributed by atoms with E-state index in [2.05, 4.69) is 15.5 Å². The van der Waals surface area contributed by atoms with Crippen molar-refractivity contribution in [2.24, 2.45) is 4.99 Å². The summed E-state index contributed by atoms with van der Waals surface area (Å²) in [5, 5.41) is 20.2. The van der Waals surface area contributed by atoms with Crippen LogP contribution in [0.5, 0.6) is 0 Å². The van der Waals surface area contributed by atoms with Crippen LogP contribution in [0.25, 0.3) is 0 Å². The fourth-order valence-corrected chi connectivity index (χ4v) is 3.07. The second kappa shape index (κ2) is 5.98. The van der Waals surface area contributed by atoms with Crippen molar-refractivity contribution < 1.29 is 9.50 Å². The molecular weight excluding hydrogens is 343 g/mol. The molecule has 3 aromatic rings. The number of aliphatic hydroxyl groups is 1. The number of fused-ring (bicyclic) bond motifs is 2. The topological polar surface area (TPSA) is 73.3 Å². The van der Waals surface area contributed by atoms with Gasteiger partial charge in [0.05, 0.1) is 18.0 Å². The van der Waals surface area contributed by atoms with Crippen molar-refractivity contribution >= 4 is 34.5 Å². The van der Waals surface area contributed by atoms with Gasteiger partial charge < -0.3 is 10.4 Å². The van der Waals surface area contributed by atoms with Crippen molar-refractivity contribution in [3.05, 3.63) is 69.6 Å². The Kier molecular flexibility index (Phi) is 3.78. The number of hydrogen-bond donors (Lipinski definition) is 3. The molecule has 2 aromatic carbocycles. The van der Waals surface area contributed by atoms with E-state index in [-0.39, 0.29) is 5.56 Å². The summed E-state index contributed by atoms with van der Waals surface area (Å²) in [6, 6.07) is 10.2. The summed E-state index contributed by atoms with van der Waals surface area (Å²) >= 11 is 6.36. The first-order chi connectivity index (χ1) is 12.1. The molecule has 7 heteroatoms. The fourth-order valence-electron chi connectivity index (χ4n) is 2.84. The average Bonchev–Trinajstić information content (AvgIpc) is 2.86. The molecule has 0 aliphatic carbocycles. The zero-order valence-corrected chi connectivity index (χ0v) is 14.0. The van der Waals surface area contributed by atoms with Crippen LogP contribution in [0, 0.1) is 12.7 Å². The number of nitrogens with one attached hydrogen (secondary N) is 2. The lowest BCUT2D eigenvalue weighted by Crippen LogP contribution is -2.08. The predicted octanol–water partition coefficient (Wildman–Crippen LogP) is 4.23. The quantitative estimate of drug-likeness (QED) is 0.503. The molecule has 2 heterocycles. The third-order valence-corrected chi connectivity index (χ3v) is 4.46. The van der Waals surface area contributed by atoms with Gasteiger partial charge in [-0.2, -0.15) is 5.10 Å². The van der Waals surface area contributed by atoms with Gasteiger partial charge in [0.15, 0.2) is 5.82 Å². The first-order valence-corrected chi connectivity index (χ1v) is 8.05. The maximum Gasteiger partial charge on any atom is 0.178 e. The van der Waals surface area contributed by atoms with Crippen LogP contribution in [0.3, 0.4) is 0 Å². The first-order valence-electron chi connectivity index (χ1n) is 7.67. The summed E-state index contributed by atoms with van der Waals surface area (Å²) in [4.78, 5) is 4.71. The van der Waals surface area contributed by atoms with E-state index >= 15 is 0 Å². The highest BCUT2D eigenvalue weighted by Gasteiger charge is 2.24. The number of hydrogen-bond acceptors (Lipinski definition) is 4. The van der Waals surface area contributed by atoms with E-state index in [0.717, 1.165) is 5.69 Å². The van der Waals surface area contributed by atoms with Crippen LogP contribution in [0.2, 0.25) is 5.02 Å². The maximum atomic E-state index is 14.3. The molecule has 0 radical (unpaired) electrons. The Morgan fingerprint density at radius 2 is 2.00 bits per heavy atom. The van der Waals surface area contributed by atoms with Crippen molar-refractivity contribution in [2.45, 2.75) is 13.5 Å². The molecule has 0 bridgehead atoms. The minimum absolute atomic E-state index is 0.195. The van der Waals surface area contributed by atoms with Gasteiger partial charge in [0.1, 0.15) is 11.5 Å². The largest absolute Gasteiger partial charge is 0.392 e. The Morgan fingerprint density at radius 1 is 1.20 bits per heavy atom. The molecule has 3 N–H and O–H groups in total. The molecule has 0 amide bonds. The number of rotatable bonds is 2. The maximum absolute atomic E-state index is 14.3. The number of halogens is 2. The van der Waals surface area contributed by atoms with Gasteiger partial charge in [0, 0.05) is 27.4 Å². The minimum atomic E-state index is -0.499. The number of aliphatic imine (C=N–C) groups is 1. The highest BCUT2D eigenvalue weighted by atomic mass is 35.5. The molecule has 1 aliphatic heterocycles. The predicted molar refractivity (Wildman–Crippen MR) is 95.7 cm³/mol. The zero-order valence-electron chi connectivity index (χ0n) is 13.3. The van der Waals surface area contributed by atoms with Crippen molar-refractivity contribution in [3.63, 3.8) is 0 Å². The standard InChI is InChI=1S/C18H14ClFN4O/c1-9-16-18(24-23-9)21-15-6-10(8-25)14(20)7-12(15)17(22-16)11-4-2-3-5-13(11)19/h2-7,25H,8H2,1H3,(H2,21,23,24). The Labute approximate surface area is 148 Å². The van der Waals surface area contributed by atoms with Gasteiger partial charge in [-0.25, -0.2) is 9.38 Å². The van der Waals surface area contributed by atoms with Crippen LogP contribution >= 0.6 is 11.6 Å². The Hall–Kier alpha value is -2.70. The molecule has 0 spiro atoms. The van der Waals surface area contributed by atoms with Gasteiger partial charge in [-0.3, -0.25) is 5.10 Å². The molecule has 25 heavy (non-hydrogen) atoms. The average molecular weight is 357 g/mol. The van der Waals surface area contributed by atoms with Crippen LogP contribution in [0.1, 0.15) is 22.4 Å². The van der Waals surface area contributed by atoms with Crippen LogP contribution in [-0.4, -0.2) is 21.0 Å². The van der Waals surface area contributed by atoms with Crippen molar-refractivity contribution in [1.29, 1.82) is 0 Å². The summed E-state index contributed by atoms with van der Waals surface area (Å²) in [5.41, 5.74) is 4.01. The molecule has 0 fully saturated rings. The monoisotopic (exact) mass is 356 g/mol. The van der Waals surface area contributed by atoms with E-state index in [0.29, 0.717) is 39.1 Å². The number of aromatic nitrogens is 2. The van der Waals surface area contributed by atoms with Crippen LogP contribution < -0.4 is 5.32 Å². The lowest BCUT2D eigenvalue weighted by molar-refractivity contribution is 0.276. The number of aromatic amines is 1. The van der Waals surface area contributed by atoms with E-state index < -0.39 is 12.4 Å². The molecular formula is C18H14ClFN4O. The van der Waals surface area contributed by atoms with Gasteiger partial charge in [0.2, 0.25) is 0 Å². The second-order valence-corrected chi connectivity index (χ2v) is 6.17. The normalized spacial score (nSPS) is 12.7. The highest BCUT2D eigenvalue weighted by Crippen LogP contribution is 2.38. The summed E-state index contributed by atoms with van der Waals surface area (Å²) in [6.45, 7) is 1.46. The van der Waals surface area contributed by atoms with E-state index in [9.17, 15) is 9.50 Å². The lowest BCUT2D eigenvalue weighted by Gasteiger charge is -2.13. The molecule has 4 rings (SSSR count). The van der Waals surface area contributed by atoms with Crippen molar-refractivity contribution in [3.8, 4) is 0 Å². The van der Waals surface area contributed by atoms with E-state index in [4.69, 9.17) is 16.6 Å². The van der Waals surface area contributed by atoms with Gasteiger partial charge in [-0.15, -0.1) is 0 Å².